The van der Waals surface area contributed by atoms with Crippen LogP contribution in [0.25, 0.3) is 0 Å². The molecule has 0 aromatic carbocycles. The molecule has 0 saturated carbocycles. The van der Waals surface area contributed by atoms with E-state index < -0.39 is 12.2 Å². The lowest BCUT2D eigenvalue weighted by atomic mass is 9.79. The van der Waals surface area contributed by atoms with Gasteiger partial charge in [0.1, 0.15) is 6.04 Å². The van der Waals surface area contributed by atoms with Gasteiger partial charge in [0.15, 0.2) is 0 Å². The highest BCUT2D eigenvalue weighted by molar-refractivity contribution is 4.90. The Kier molecular flexibility index (Phi) is 2.70. The molecule has 82 valence electrons. The average molecular weight is 208 g/mol. The summed E-state index contributed by atoms with van der Waals surface area (Å²) in [5.74, 6) is 0.728. The van der Waals surface area contributed by atoms with Gasteiger partial charge in [-0.2, -0.15) is 13.2 Å². The van der Waals surface area contributed by atoms with Crippen LogP contribution < -0.4 is 10.6 Å². The van der Waals surface area contributed by atoms with Crippen LogP contribution in [0.1, 0.15) is 12.8 Å². The number of alkyl halides is 3. The van der Waals surface area contributed by atoms with E-state index in [1.165, 1.54) is 0 Å². The van der Waals surface area contributed by atoms with Gasteiger partial charge in [0.25, 0.3) is 0 Å². The van der Waals surface area contributed by atoms with Crippen LogP contribution in [-0.2, 0) is 0 Å². The maximum absolute atomic E-state index is 12.4. The summed E-state index contributed by atoms with van der Waals surface area (Å²) in [7, 11) is 0. The molecular weight excluding hydrogens is 193 g/mol. The fourth-order valence-corrected chi connectivity index (χ4v) is 2.27. The molecule has 2 atom stereocenters. The van der Waals surface area contributed by atoms with E-state index in [-0.39, 0.29) is 12.3 Å². The molecule has 2 fully saturated rings. The van der Waals surface area contributed by atoms with Gasteiger partial charge in [-0.15, -0.1) is 0 Å². The highest BCUT2D eigenvalue weighted by Gasteiger charge is 2.44. The maximum atomic E-state index is 12.4. The van der Waals surface area contributed by atoms with Crippen molar-refractivity contribution in [1.82, 2.24) is 10.6 Å². The molecule has 0 aliphatic carbocycles. The van der Waals surface area contributed by atoms with Gasteiger partial charge in [-0.1, -0.05) is 0 Å². The second-order valence-corrected chi connectivity index (χ2v) is 4.25. The molecule has 2 saturated heterocycles. The van der Waals surface area contributed by atoms with Crippen LogP contribution in [0.15, 0.2) is 0 Å². The third kappa shape index (κ3) is 2.03. The number of nitrogens with one attached hydrogen (secondary N) is 2. The van der Waals surface area contributed by atoms with E-state index in [1.54, 1.807) is 0 Å². The molecule has 0 bridgehead atoms. The Morgan fingerprint density at radius 3 is 2.29 bits per heavy atom. The lowest BCUT2D eigenvalue weighted by Gasteiger charge is -2.40. The van der Waals surface area contributed by atoms with Crippen LogP contribution >= 0.6 is 0 Å². The summed E-state index contributed by atoms with van der Waals surface area (Å²) in [6.07, 6.45) is -2.93. The molecular formula is C9H15F3N2. The van der Waals surface area contributed by atoms with Crippen molar-refractivity contribution in [2.45, 2.75) is 25.1 Å². The van der Waals surface area contributed by atoms with E-state index in [1.807, 2.05) is 0 Å². The van der Waals surface area contributed by atoms with Crippen LogP contribution in [-0.4, -0.2) is 31.9 Å². The predicted molar refractivity (Wildman–Crippen MR) is 46.9 cm³/mol. The fraction of sp³-hybridized carbons (Fsp3) is 1.00. The minimum Gasteiger partial charge on any atom is -0.316 e. The highest BCUT2D eigenvalue weighted by Crippen LogP contribution is 2.33. The van der Waals surface area contributed by atoms with Crippen molar-refractivity contribution >= 4 is 0 Å². The average Bonchev–Trinajstić information content (AvgIpc) is 2.00. The monoisotopic (exact) mass is 208 g/mol. The van der Waals surface area contributed by atoms with Gasteiger partial charge in [-0.05, 0) is 44.3 Å². The lowest BCUT2D eigenvalue weighted by Crippen LogP contribution is -2.54. The van der Waals surface area contributed by atoms with Crippen molar-refractivity contribution in [3.05, 3.63) is 0 Å². The Hall–Kier alpha value is -0.290. The van der Waals surface area contributed by atoms with Crippen LogP contribution in [0.3, 0.4) is 0 Å². The van der Waals surface area contributed by atoms with Crippen molar-refractivity contribution in [3.8, 4) is 0 Å². The Labute approximate surface area is 81.2 Å². The molecule has 5 heteroatoms. The molecule has 2 heterocycles. The predicted octanol–water partition coefficient (Wildman–Crippen LogP) is 1.14. The van der Waals surface area contributed by atoms with E-state index in [0.717, 1.165) is 19.5 Å². The van der Waals surface area contributed by atoms with E-state index in [9.17, 15) is 13.2 Å². The first-order valence-corrected chi connectivity index (χ1v) is 5.08. The Bertz CT molecular complexity index is 201. The Morgan fingerprint density at radius 2 is 1.79 bits per heavy atom. The maximum Gasteiger partial charge on any atom is 0.403 e. The zero-order chi connectivity index (χ0) is 10.2. The molecule has 0 amide bonds. The minimum atomic E-state index is -4.07. The first-order valence-electron chi connectivity index (χ1n) is 5.08. The van der Waals surface area contributed by atoms with Gasteiger partial charge >= 0.3 is 6.18 Å². The van der Waals surface area contributed by atoms with Gasteiger partial charge in [0.2, 0.25) is 0 Å². The quantitative estimate of drug-likeness (QED) is 0.675. The third-order valence-electron chi connectivity index (χ3n) is 3.32. The van der Waals surface area contributed by atoms with E-state index >= 15 is 0 Å². The Balaban J connectivity index is 1.90. The smallest absolute Gasteiger partial charge is 0.316 e. The molecule has 2 rings (SSSR count). The molecule has 14 heavy (non-hydrogen) atoms. The summed E-state index contributed by atoms with van der Waals surface area (Å²) in [4.78, 5) is 0. The summed E-state index contributed by atoms with van der Waals surface area (Å²) < 4.78 is 37.3. The second kappa shape index (κ2) is 3.70. The minimum absolute atomic E-state index is 0.254. The third-order valence-corrected chi connectivity index (χ3v) is 3.32. The molecule has 2 aliphatic heterocycles. The molecule has 0 aromatic heterocycles. The topological polar surface area (TPSA) is 24.1 Å². The molecule has 2 N–H and O–H groups in total. The molecule has 2 nitrogen and oxygen atoms in total. The summed E-state index contributed by atoms with van der Waals surface area (Å²) in [6, 6.07) is -1.28. The summed E-state index contributed by atoms with van der Waals surface area (Å²) >= 11 is 0. The molecule has 0 aromatic rings. The SMILES string of the molecule is FC(F)(F)C1CC(C2CNC2)CCN1. The molecule has 2 unspecified atom stereocenters. The van der Waals surface area contributed by atoms with Crippen molar-refractivity contribution in [2.24, 2.45) is 11.8 Å². The number of halogens is 3. The summed E-state index contributed by atoms with van der Waals surface area (Å²) in [5.41, 5.74) is 0. The van der Waals surface area contributed by atoms with Gasteiger partial charge in [0, 0.05) is 0 Å². The van der Waals surface area contributed by atoms with Crippen LogP contribution in [0.4, 0.5) is 13.2 Å². The second-order valence-electron chi connectivity index (χ2n) is 4.25. The Morgan fingerprint density at radius 1 is 1.07 bits per heavy atom. The van der Waals surface area contributed by atoms with Gasteiger partial charge in [0.05, 0.1) is 0 Å². The number of hydrogen-bond acceptors (Lipinski definition) is 2. The highest BCUT2D eigenvalue weighted by atomic mass is 19.4. The van der Waals surface area contributed by atoms with Gasteiger partial charge < -0.3 is 10.6 Å². The summed E-state index contributed by atoms with van der Waals surface area (Å²) in [5, 5.41) is 5.66. The van der Waals surface area contributed by atoms with Crippen LogP contribution in [0, 0.1) is 11.8 Å². The zero-order valence-electron chi connectivity index (χ0n) is 7.90. The van der Waals surface area contributed by atoms with E-state index in [0.29, 0.717) is 12.5 Å². The van der Waals surface area contributed by atoms with Crippen molar-refractivity contribution in [2.75, 3.05) is 19.6 Å². The number of hydrogen-bond donors (Lipinski definition) is 2. The van der Waals surface area contributed by atoms with Crippen molar-refractivity contribution in [3.63, 3.8) is 0 Å². The molecule has 0 radical (unpaired) electrons. The van der Waals surface area contributed by atoms with Crippen molar-refractivity contribution < 1.29 is 13.2 Å². The standard InChI is InChI=1S/C9H15F3N2/c10-9(11,12)8-3-6(1-2-14-8)7-4-13-5-7/h6-8,13-14H,1-5H2. The van der Waals surface area contributed by atoms with Gasteiger partial charge in [-0.3, -0.25) is 0 Å². The van der Waals surface area contributed by atoms with Crippen molar-refractivity contribution in [1.29, 1.82) is 0 Å². The van der Waals surface area contributed by atoms with E-state index in [2.05, 4.69) is 10.6 Å². The lowest BCUT2D eigenvalue weighted by molar-refractivity contribution is -0.165. The van der Waals surface area contributed by atoms with Gasteiger partial charge in [-0.25, -0.2) is 0 Å². The number of piperidine rings is 1. The summed E-state index contributed by atoms with van der Waals surface area (Å²) in [6.45, 7) is 2.30. The molecule has 2 aliphatic rings. The zero-order valence-corrected chi connectivity index (χ0v) is 7.90. The van der Waals surface area contributed by atoms with Crippen LogP contribution in [0.5, 0.6) is 0 Å². The molecule has 0 spiro atoms. The largest absolute Gasteiger partial charge is 0.403 e. The first kappa shape index (κ1) is 10.2. The van der Waals surface area contributed by atoms with E-state index in [4.69, 9.17) is 0 Å². The van der Waals surface area contributed by atoms with Crippen LogP contribution in [0.2, 0.25) is 0 Å². The number of rotatable bonds is 1. The fourth-order valence-electron chi connectivity index (χ4n) is 2.27. The normalized spacial score (nSPS) is 35.4. The first-order chi connectivity index (χ1) is 6.57.